The molecule has 1 heterocycles. The Balaban J connectivity index is 2.12. The van der Waals surface area contributed by atoms with Gasteiger partial charge in [-0.25, -0.2) is 0 Å². The standard InChI is InChI=1S/C16H21ClF3N3O/c1-10(23-7-3-4-12(9-23)21-2)15(24)22-14-6-5-11(17)8-13(14)16(18,19)20/h5-6,8,10,12,21H,3-4,7,9H2,1-2H3,(H,22,24). The Bertz CT molecular complexity index is 594. The number of nitrogens with zero attached hydrogens (tertiary/aromatic N) is 1. The molecule has 1 amide bonds. The molecule has 0 aliphatic carbocycles. The van der Waals surface area contributed by atoms with E-state index in [1.54, 1.807) is 6.92 Å². The molecule has 2 unspecified atom stereocenters. The Labute approximate surface area is 144 Å². The van der Waals surface area contributed by atoms with Crippen molar-refractivity contribution >= 4 is 23.2 Å². The van der Waals surface area contributed by atoms with Gasteiger partial charge in [0.1, 0.15) is 0 Å². The Kier molecular flexibility index (Phi) is 6.11. The molecule has 0 radical (unpaired) electrons. The van der Waals surface area contributed by atoms with Crippen LogP contribution in [0.4, 0.5) is 18.9 Å². The van der Waals surface area contributed by atoms with E-state index in [-0.39, 0.29) is 16.8 Å². The number of piperidine rings is 1. The first-order valence-electron chi connectivity index (χ1n) is 7.81. The Morgan fingerprint density at radius 1 is 1.42 bits per heavy atom. The summed E-state index contributed by atoms with van der Waals surface area (Å²) in [4.78, 5) is 14.4. The van der Waals surface area contributed by atoms with E-state index < -0.39 is 23.7 Å². The summed E-state index contributed by atoms with van der Waals surface area (Å²) in [5.74, 6) is -0.459. The SMILES string of the molecule is CNC1CCCN(C(C)C(=O)Nc2ccc(Cl)cc2C(F)(F)F)C1. The molecule has 2 N–H and O–H groups in total. The second kappa shape index (κ2) is 7.72. The van der Waals surface area contributed by atoms with E-state index in [1.165, 1.54) is 12.1 Å². The van der Waals surface area contributed by atoms with Crippen molar-refractivity contribution in [2.75, 3.05) is 25.5 Å². The maximum Gasteiger partial charge on any atom is 0.418 e. The van der Waals surface area contributed by atoms with Crippen molar-refractivity contribution in [3.63, 3.8) is 0 Å². The van der Waals surface area contributed by atoms with Gasteiger partial charge in [-0.15, -0.1) is 0 Å². The Morgan fingerprint density at radius 2 is 2.12 bits per heavy atom. The van der Waals surface area contributed by atoms with E-state index >= 15 is 0 Å². The van der Waals surface area contributed by atoms with Gasteiger partial charge in [0.15, 0.2) is 0 Å². The number of alkyl halides is 3. The number of likely N-dealkylation sites (tertiary alicyclic amines) is 1. The van der Waals surface area contributed by atoms with Gasteiger partial charge in [-0.1, -0.05) is 11.6 Å². The lowest BCUT2D eigenvalue weighted by molar-refractivity contribution is -0.137. The fourth-order valence-electron chi connectivity index (χ4n) is 2.86. The highest BCUT2D eigenvalue weighted by atomic mass is 35.5. The van der Waals surface area contributed by atoms with Gasteiger partial charge in [0.05, 0.1) is 17.3 Å². The van der Waals surface area contributed by atoms with Crippen LogP contribution in [0.2, 0.25) is 5.02 Å². The lowest BCUT2D eigenvalue weighted by Crippen LogP contribution is -2.51. The molecule has 24 heavy (non-hydrogen) atoms. The average molecular weight is 364 g/mol. The molecule has 2 rings (SSSR count). The smallest absolute Gasteiger partial charge is 0.324 e. The molecule has 134 valence electrons. The van der Waals surface area contributed by atoms with Crippen LogP contribution < -0.4 is 10.6 Å². The molecular weight excluding hydrogens is 343 g/mol. The third kappa shape index (κ3) is 4.62. The number of halogens is 4. The summed E-state index contributed by atoms with van der Waals surface area (Å²) < 4.78 is 39.3. The van der Waals surface area contributed by atoms with Gasteiger partial charge in [-0.3, -0.25) is 9.69 Å². The van der Waals surface area contributed by atoms with Gasteiger partial charge in [0.25, 0.3) is 0 Å². The quantitative estimate of drug-likeness (QED) is 0.862. The summed E-state index contributed by atoms with van der Waals surface area (Å²) in [5, 5.41) is 5.54. The highest BCUT2D eigenvalue weighted by molar-refractivity contribution is 6.30. The van der Waals surface area contributed by atoms with Crippen molar-refractivity contribution in [3.8, 4) is 0 Å². The molecule has 1 fully saturated rings. The van der Waals surface area contributed by atoms with Crippen LogP contribution in [0.15, 0.2) is 18.2 Å². The summed E-state index contributed by atoms with van der Waals surface area (Å²) >= 11 is 5.65. The molecule has 0 saturated carbocycles. The first kappa shape index (κ1) is 19.0. The predicted octanol–water partition coefficient (Wildman–Crippen LogP) is 3.37. The van der Waals surface area contributed by atoms with E-state index in [4.69, 9.17) is 11.6 Å². The van der Waals surface area contributed by atoms with Gasteiger partial charge < -0.3 is 10.6 Å². The van der Waals surface area contributed by atoms with Crippen LogP contribution in [0, 0.1) is 0 Å². The van der Waals surface area contributed by atoms with Crippen molar-refractivity contribution in [1.29, 1.82) is 0 Å². The number of carbonyl (C=O) groups excluding carboxylic acids is 1. The number of likely N-dealkylation sites (N-methyl/N-ethyl adjacent to an activating group) is 1. The number of benzene rings is 1. The Morgan fingerprint density at radius 3 is 2.75 bits per heavy atom. The molecule has 1 saturated heterocycles. The highest BCUT2D eigenvalue weighted by Crippen LogP contribution is 2.36. The third-order valence-corrected chi connectivity index (χ3v) is 4.57. The lowest BCUT2D eigenvalue weighted by Gasteiger charge is -2.36. The van der Waals surface area contributed by atoms with Crippen molar-refractivity contribution < 1.29 is 18.0 Å². The predicted molar refractivity (Wildman–Crippen MR) is 88.2 cm³/mol. The van der Waals surface area contributed by atoms with Crippen LogP contribution in [0.25, 0.3) is 0 Å². The number of rotatable bonds is 4. The summed E-state index contributed by atoms with van der Waals surface area (Å²) in [6, 6.07) is 3.10. The number of hydrogen-bond acceptors (Lipinski definition) is 3. The van der Waals surface area contributed by atoms with Crippen LogP contribution in [-0.4, -0.2) is 43.0 Å². The van der Waals surface area contributed by atoms with Crippen molar-refractivity contribution in [1.82, 2.24) is 10.2 Å². The zero-order chi connectivity index (χ0) is 17.9. The molecule has 4 nitrogen and oxygen atoms in total. The maximum absolute atomic E-state index is 13.1. The molecule has 1 aliphatic heterocycles. The van der Waals surface area contributed by atoms with Gasteiger partial charge in [-0.2, -0.15) is 13.2 Å². The van der Waals surface area contributed by atoms with E-state index in [2.05, 4.69) is 10.6 Å². The van der Waals surface area contributed by atoms with Gasteiger partial charge in [0, 0.05) is 17.6 Å². The fraction of sp³-hybridized carbons (Fsp3) is 0.562. The minimum atomic E-state index is -4.58. The van der Waals surface area contributed by atoms with E-state index in [0.29, 0.717) is 6.54 Å². The highest BCUT2D eigenvalue weighted by Gasteiger charge is 2.35. The minimum absolute atomic E-state index is 0.0266. The maximum atomic E-state index is 13.1. The van der Waals surface area contributed by atoms with Crippen LogP contribution in [0.5, 0.6) is 0 Å². The van der Waals surface area contributed by atoms with Crippen LogP contribution in [0.1, 0.15) is 25.3 Å². The first-order chi connectivity index (χ1) is 11.2. The minimum Gasteiger partial charge on any atom is -0.324 e. The number of hydrogen-bond donors (Lipinski definition) is 2. The number of carbonyl (C=O) groups is 1. The average Bonchev–Trinajstić information content (AvgIpc) is 2.54. The molecule has 0 bridgehead atoms. The molecule has 1 aliphatic rings. The van der Waals surface area contributed by atoms with Crippen LogP contribution in [0.3, 0.4) is 0 Å². The normalized spacial score (nSPS) is 20.7. The number of nitrogens with one attached hydrogen (secondary N) is 2. The number of anilines is 1. The summed E-state index contributed by atoms with van der Waals surface area (Å²) in [6.45, 7) is 3.15. The molecule has 1 aromatic rings. The van der Waals surface area contributed by atoms with Crippen molar-refractivity contribution in [3.05, 3.63) is 28.8 Å². The zero-order valence-electron chi connectivity index (χ0n) is 13.6. The van der Waals surface area contributed by atoms with Crippen molar-refractivity contribution in [2.24, 2.45) is 0 Å². The summed E-state index contributed by atoms with van der Waals surface area (Å²) in [6.07, 6.45) is -2.62. The van der Waals surface area contributed by atoms with Crippen LogP contribution >= 0.6 is 11.6 Å². The van der Waals surface area contributed by atoms with Crippen molar-refractivity contribution in [2.45, 2.75) is 38.0 Å². The van der Waals surface area contributed by atoms with E-state index in [0.717, 1.165) is 25.5 Å². The molecule has 0 aromatic heterocycles. The molecule has 1 aromatic carbocycles. The topological polar surface area (TPSA) is 44.4 Å². The first-order valence-corrected chi connectivity index (χ1v) is 8.19. The van der Waals surface area contributed by atoms with Gasteiger partial charge in [0.2, 0.25) is 5.91 Å². The molecule has 2 atom stereocenters. The lowest BCUT2D eigenvalue weighted by atomic mass is 10.0. The zero-order valence-corrected chi connectivity index (χ0v) is 14.3. The molecule has 0 spiro atoms. The Hall–Kier alpha value is -1.31. The molecular formula is C16H21ClF3N3O. The number of amides is 1. The van der Waals surface area contributed by atoms with Gasteiger partial charge >= 0.3 is 6.18 Å². The summed E-state index contributed by atoms with van der Waals surface area (Å²) in [5.41, 5.74) is -1.21. The van der Waals surface area contributed by atoms with E-state index in [1.807, 2.05) is 11.9 Å². The van der Waals surface area contributed by atoms with Crippen LogP contribution in [-0.2, 0) is 11.0 Å². The monoisotopic (exact) mass is 363 g/mol. The molecule has 8 heteroatoms. The fourth-order valence-corrected chi connectivity index (χ4v) is 3.03. The second-order valence-electron chi connectivity index (χ2n) is 5.98. The third-order valence-electron chi connectivity index (χ3n) is 4.33. The van der Waals surface area contributed by atoms with E-state index in [9.17, 15) is 18.0 Å². The largest absolute Gasteiger partial charge is 0.418 e. The summed E-state index contributed by atoms with van der Waals surface area (Å²) in [7, 11) is 1.86. The van der Waals surface area contributed by atoms with Gasteiger partial charge in [-0.05, 0) is 51.6 Å². The second-order valence-corrected chi connectivity index (χ2v) is 6.41.